The van der Waals surface area contributed by atoms with Crippen LogP contribution < -0.4 is 10.6 Å². The Morgan fingerprint density at radius 2 is 1.80 bits per heavy atom. The second-order valence-electron chi connectivity index (χ2n) is 4.99. The van der Waals surface area contributed by atoms with E-state index in [0.29, 0.717) is 4.73 Å². The van der Waals surface area contributed by atoms with E-state index in [9.17, 15) is 14.8 Å². The number of thiol groups is 1. The first-order chi connectivity index (χ1) is 12.0. The van der Waals surface area contributed by atoms with Crippen molar-refractivity contribution in [1.29, 1.82) is 0 Å². The monoisotopic (exact) mass is 379 g/mol. The normalized spacial score (nSPS) is 10.1. The maximum atomic E-state index is 11.9. The quantitative estimate of drug-likeness (QED) is 0.268. The largest absolute Gasteiger partial charge is 0.445 e. The third-order valence-corrected chi connectivity index (χ3v) is 3.76. The molecule has 3 N–H and O–H groups in total. The predicted octanol–water partition coefficient (Wildman–Crippen LogP) is 2.40. The van der Waals surface area contributed by atoms with E-state index in [-0.39, 0.29) is 30.0 Å². The van der Waals surface area contributed by atoms with E-state index in [1.165, 1.54) is 12.1 Å². The summed E-state index contributed by atoms with van der Waals surface area (Å²) >= 11 is 9.04. The minimum atomic E-state index is -0.589. The third-order valence-electron chi connectivity index (χ3n) is 3.15. The average molecular weight is 379 g/mol. The van der Waals surface area contributed by atoms with Crippen molar-refractivity contribution >= 4 is 36.8 Å². The third kappa shape index (κ3) is 5.80. The molecular weight excluding hydrogens is 362 g/mol. The Balaban J connectivity index is 1.69. The molecule has 0 atom stereocenters. The summed E-state index contributed by atoms with van der Waals surface area (Å²) < 4.78 is 5.80. The van der Waals surface area contributed by atoms with Crippen LogP contribution in [-0.4, -0.2) is 35.0 Å². The first kappa shape index (κ1) is 18.8. The number of nitrogens with one attached hydrogen (secondary N) is 2. The van der Waals surface area contributed by atoms with Crippen LogP contribution in [0.15, 0.2) is 47.4 Å². The van der Waals surface area contributed by atoms with Gasteiger partial charge in [0.25, 0.3) is 5.91 Å². The molecule has 1 aromatic carbocycles. The summed E-state index contributed by atoms with van der Waals surface area (Å²) in [6.45, 7) is 0.492. The lowest BCUT2D eigenvalue weighted by Crippen LogP contribution is -2.35. The van der Waals surface area contributed by atoms with Crippen molar-refractivity contribution < 1.29 is 19.5 Å². The van der Waals surface area contributed by atoms with E-state index in [1.54, 1.807) is 18.2 Å². The minimum absolute atomic E-state index is 0.0164. The number of benzene rings is 1. The number of amides is 2. The van der Waals surface area contributed by atoms with Gasteiger partial charge in [-0.05, 0) is 29.8 Å². The standard InChI is InChI=1S/C16H17N3O4S2/c20-15(13-2-1-3-14(25)19(13)22)17-8-9-18-16(21)23-10-11-4-6-12(24)7-5-11/h1-7,22,24H,8-10H2,(H,17,20)(H,18,21). The fourth-order valence-electron chi connectivity index (χ4n) is 1.88. The molecule has 0 saturated carbocycles. The van der Waals surface area contributed by atoms with E-state index < -0.39 is 12.0 Å². The number of nitrogens with zero attached hydrogens (tertiary/aromatic N) is 1. The van der Waals surface area contributed by atoms with Crippen LogP contribution in [0, 0.1) is 4.64 Å². The zero-order valence-corrected chi connectivity index (χ0v) is 14.8. The molecule has 132 valence electrons. The lowest BCUT2D eigenvalue weighted by atomic mass is 10.2. The number of carbonyl (C=O) groups excluding carboxylic acids is 2. The molecule has 1 heterocycles. The number of rotatable bonds is 6. The molecule has 0 aliphatic carbocycles. The fraction of sp³-hybridized carbons (Fsp3) is 0.188. The van der Waals surface area contributed by atoms with Crippen LogP contribution in [0.3, 0.4) is 0 Å². The number of alkyl carbamates (subject to hydrolysis) is 1. The van der Waals surface area contributed by atoms with Crippen LogP contribution >= 0.6 is 24.8 Å². The van der Waals surface area contributed by atoms with Gasteiger partial charge in [0.1, 0.15) is 16.9 Å². The Kier molecular flexibility index (Phi) is 6.84. The summed E-state index contributed by atoms with van der Waals surface area (Å²) in [5.74, 6) is -0.504. The fourth-order valence-corrected chi connectivity index (χ4v) is 2.20. The van der Waals surface area contributed by atoms with Gasteiger partial charge in [0.05, 0.1) is 0 Å². The lowest BCUT2D eigenvalue weighted by Gasteiger charge is -2.09. The highest BCUT2D eigenvalue weighted by Gasteiger charge is 2.10. The van der Waals surface area contributed by atoms with Crippen molar-refractivity contribution in [2.45, 2.75) is 11.5 Å². The second-order valence-corrected chi connectivity index (χ2v) is 5.92. The van der Waals surface area contributed by atoms with Crippen molar-refractivity contribution in [3.8, 4) is 0 Å². The summed E-state index contributed by atoms with van der Waals surface area (Å²) in [5, 5.41) is 14.7. The highest BCUT2D eigenvalue weighted by Crippen LogP contribution is 2.08. The summed E-state index contributed by atoms with van der Waals surface area (Å²) in [5.41, 5.74) is 0.861. The van der Waals surface area contributed by atoms with Gasteiger partial charge in [0, 0.05) is 18.0 Å². The Bertz CT molecular complexity index is 806. The van der Waals surface area contributed by atoms with Gasteiger partial charge >= 0.3 is 6.09 Å². The van der Waals surface area contributed by atoms with Gasteiger partial charge in [-0.2, -0.15) is 4.73 Å². The number of hydrogen-bond acceptors (Lipinski definition) is 6. The second kappa shape index (κ2) is 9.09. The first-order valence-electron chi connectivity index (χ1n) is 7.35. The Labute approximate surface area is 155 Å². The van der Waals surface area contributed by atoms with Gasteiger partial charge in [-0.25, -0.2) is 4.79 Å². The lowest BCUT2D eigenvalue weighted by molar-refractivity contribution is 0.0894. The van der Waals surface area contributed by atoms with Crippen molar-refractivity contribution in [2.75, 3.05) is 13.1 Å². The molecule has 0 saturated heterocycles. The van der Waals surface area contributed by atoms with Crippen LogP contribution in [0.2, 0.25) is 0 Å². The predicted molar refractivity (Wildman–Crippen MR) is 96.7 cm³/mol. The number of hydrogen-bond donors (Lipinski definition) is 4. The molecule has 0 spiro atoms. The number of pyridine rings is 1. The van der Waals surface area contributed by atoms with Gasteiger partial charge in [-0.1, -0.05) is 30.4 Å². The first-order valence-corrected chi connectivity index (χ1v) is 8.21. The van der Waals surface area contributed by atoms with Crippen LogP contribution in [0.1, 0.15) is 16.1 Å². The molecule has 2 aromatic rings. The molecule has 2 rings (SSSR count). The van der Waals surface area contributed by atoms with Crippen molar-refractivity contribution in [2.24, 2.45) is 0 Å². The van der Waals surface area contributed by atoms with Crippen molar-refractivity contribution in [1.82, 2.24) is 15.4 Å². The molecule has 0 fully saturated rings. The van der Waals surface area contributed by atoms with Crippen molar-refractivity contribution in [3.05, 3.63) is 58.4 Å². The highest BCUT2D eigenvalue weighted by molar-refractivity contribution is 7.80. The van der Waals surface area contributed by atoms with Crippen LogP contribution in [0.25, 0.3) is 0 Å². The minimum Gasteiger partial charge on any atom is -0.445 e. The summed E-state index contributed by atoms with van der Waals surface area (Å²) in [6.07, 6.45) is -0.589. The SMILES string of the molecule is O=C(NCCNC(=O)c1cccc(=S)n1O)OCc1ccc(S)cc1. The molecule has 9 heteroatoms. The zero-order chi connectivity index (χ0) is 18.2. The Hall–Kier alpha value is -2.52. The molecule has 0 aliphatic heterocycles. The number of carbonyl (C=O) groups is 2. The molecule has 0 unspecified atom stereocenters. The molecule has 7 nitrogen and oxygen atoms in total. The molecular formula is C16H17N3O4S2. The van der Waals surface area contributed by atoms with E-state index in [0.717, 1.165) is 10.5 Å². The Morgan fingerprint density at radius 1 is 1.12 bits per heavy atom. The number of ether oxygens (including phenoxy) is 1. The summed E-state index contributed by atoms with van der Waals surface area (Å²) in [7, 11) is 0. The van der Waals surface area contributed by atoms with E-state index in [2.05, 4.69) is 23.3 Å². The highest BCUT2D eigenvalue weighted by atomic mass is 32.1. The molecule has 0 radical (unpaired) electrons. The molecule has 1 aromatic heterocycles. The molecule has 25 heavy (non-hydrogen) atoms. The smallest absolute Gasteiger partial charge is 0.407 e. The topological polar surface area (TPSA) is 92.6 Å². The van der Waals surface area contributed by atoms with Gasteiger partial charge in [-0.3, -0.25) is 4.79 Å². The van der Waals surface area contributed by atoms with E-state index >= 15 is 0 Å². The van der Waals surface area contributed by atoms with Gasteiger partial charge in [0.2, 0.25) is 0 Å². The van der Waals surface area contributed by atoms with Gasteiger partial charge < -0.3 is 20.6 Å². The maximum absolute atomic E-state index is 11.9. The van der Waals surface area contributed by atoms with E-state index in [1.807, 2.05) is 12.1 Å². The molecule has 0 aliphatic rings. The van der Waals surface area contributed by atoms with Crippen LogP contribution in [0.4, 0.5) is 4.79 Å². The summed E-state index contributed by atoms with van der Waals surface area (Å²) in [6, 6.07) is 11.7. The van der Waals surface area contributed by atoms with Gasteiger partial charge in [-0.15, -0.1) is 12.6 Å². The van der Waals surface area contributed by atoms with Gasteiger partial charge in [0.15, 0.2) is 0 Å². The Morgan fingerprint density at radius 3 is 2.52 bits per heavy atom. The zero-order valence-electron chi connectivity index (χ0n) is 13.1. The molecule has 2 amide bonds. The maximum Gasteiger partial charge on any atom is 0.407 e. The summed E-state index contributed by atoms with van der Waals surface area (Å²) in [4.78, 5) is 24.3. The van der Waals surface area contributed by atoms with Crippen LogP contribution in [-0.2, 0) is 11.3 Å². The van der Waals surface area contributed by atoms with Crippen molar-refractivity contribution in [3.63, 3.8) is 0 Å². The molecule has 0 bridgehead atoms. The van der Waals surface area contributed by atoms with E-state index in [4.69, 9.17) is 17.0 Å². The number of aromatic nitrogens is 1. The average Bonchev–Trinajstić information content (AvgIpc) is 2.60. The van der Waals surface area contributed by atoms with Crippen LogP contribution in [0.5, 0.6) is 0 Å².